The van der Waals surface area contributed by atoms with E-state index in [0.29, 0.717) is 5.41 Å². The van der Waals surface area contributed by atoms with Crippen molar-refractivity contribution in [1.82, 2.24) is 0 Å². The zero-order chi connectivity index (χ0) is 14.8. The van der Waals surface area contributed by atoms with Crippen LogP contribution in [0.15, 0.2) is 16.6 Å². The zero-order valence-corrected chi connectivity index (χ0v) is 14.2. The highest BCUT2D eigenvalue weighted by molar-refractivity contribution is 6.01. The monoisotopic (exact) mass is 275 g/mol. The molecule has 114 valence electrons. The summed E-state index contributed by atoms with van der Waals surface area (Å²) in [6, 6.07) is 0. The molecule has 1 heteroatoms. The Morgan fingerprint density at radius 1 is 1.40 bits per heavy atom. The molecular weight excluding hydrogens is 242 g/mol. The number of fused-ring (bicyclic) bond motifs is 1. The Balaban J connectivity index is 2.21. The molecule has 2 saturated carbocycles. The molecule has 2 fully saturated rings. The van der Waals surface area contributed by atoms with Gasteiger partial charge in [-0.1, -0.05) is 33.3 Å². The summed E-state index contributed by atoms with van der Waals surface area (Å²) < 4.78 is 0. The van der Waals surface area contributed by atoms with Crippen molar-refractivity contribution in [3.8, 4) is 0 Å². The first-order valence-corrected chi connectivity index (χ1v) is 8.70. The van der Waals surface area contributed by atoms with Gasteiger partial charge in [0.2, 0.25) is 0 Å². The van der Waals surface area contributed by atoms with Crippen molar-refractivity contribution in [1.29, 1.82) is 0 Å². The van der Waals surface area contributed by atoms with Crippen LogP contribution in [0.25, 0.3) is 0 Å². The van der Waals surface area contributed by atoms with E-state index in [1.807, 2.05) is 0 Å². The van der Waals surface area contributed by atoms with Gasteiger partial charge >= 0.3 is 0 Å². The van der Waals surface area contributed by atoms with Gasteiger partial charge in [0.05, 0.1) is 0 Å². The number of hydrogen-bond donors (Lipinski definition) is 0. The average Bonchev–Trinajstić information content (AvgIpc) is 2.57. The van der Waals surface area contributed by atoms with Gasteiger partial charge in [-0.3, -0.25) is 4.99 Å². The van der Waals surface area contributed by atoms with Crippen LogP contribution in [0.2, 0.25) is 0 Å². The van der Waals surface area contributed by atoms with Crippen LogP contribution >= 0.6 is 0 Å². The highest BCUT2D eigenvalue weighted by Gasteiger charge is 2.54. The SMILES string of the molecule is CCCN=C(/C=C(\C)CC(C)C)C12CCC1CC(C)C2. The molecule has 0 amide bonds. The van der Waals surface area contributed by atoms with Crippen LogP contribution < -0.4 is 0 Å². The molecule has 0 spiro atoms. The van der Waals surface area contributed by atoms with E-state index >= 15 is 0 Å². The van der Waals surface area contributed by atoms with Gasteiger partial charge in [-0.05, 0) is 69.3 Å². The van der Waals surface area contributed by atoms with Gasteiger partial charge in [0.25, 0.3) is 0 Å². The van der Waals surface area contributed by atoms with Crippen LogP contribution in [0.5, 0.6) is 0 Å². The van der Waals surface area contributed by atoms with E-state index in [9.17, 15) is 0 Å². The predicted octanol–water partition coefficient (Wildman–Crippen LogP) is 5.66. The maximum atomic E-state index is 5.02. The lowest BCUT2D eigenvalue weighted by Crippen LogP contribution is -2.42. The van der Waals surface area contributed by atoms with Crippen LogP contribution in [0, 0.1) is 23.2 Å². The molecular formula is C19H33N. The molecule has 0 saturated heterocycles. The van der Waals surface area contributed by atoms with Crippen molar-refractivity contribution in [3.63, 3.8) is 0 Å². The van der Waals surface area contributed by atoms with Gasteiger partial charge in [-0.2, -0.15) is 0 Å². The molecule has 0 N–H and O–H groups in total. The Hall–Kier alpha value is -0.590. The summed E-state index contributed by atoms with van der Waals surface area (Å²) in [5.74, 6) is 2.57. The van der Waals surface area contributed by atoms with Gasteiger partial charge < -0.3 is 0 Å². The van der Waals surface area contributed by atoms with Gasteiger partial charge in [-0.25, -0.2) is 0 Å². The summed E-state index contributed by atoms with van der Waals surface area (Å²) in [5, 5.41) is 0. The number of hydrogen-bond acceptors (Lipinski definition) is 1. The molecule has 2 aliphatic carbocycles. The molecule has 0 bridgehead atoms. The van der Waals surface area contributed by atoms with Crippen molar-refractivity contribution >= 4 is 5.71 Å². The van der Waals surface area contributed by atoms with Crippen molar-refractivity contribution in [2.45, 2.75) is 73.1 Å². The summed E-state index contributed by atoms with van der Waals surface area (Å²) in [4.78, 5) is 5.02. The third-order valence-corrected chi connectivity index (χ3v) is 5.25. The molecule has 0 radical (unpaired) electrons. The maximum absolute atomic E-state index is 5.02. The molecule has 3 unspecified atom stereocenters. The Morgan fingerprint density at radius 3 is 2.65 bits per heavy atom. The van der Waals surface area contributed by atoms with Crippen LogP contribution in [0.3, 0.4) is 0 Å². The molecule has 0 aromatic carbocycles. The first-order valence-electron chi connectivity index (χ1n) is 8.70. The van der Waals surface area contributed by atoms with Gasteiger partial charge in [0.1, 0.15) is 0 Å². The second kappa shape index (κ2) is 6.45. The van der Waals surface area contributed by atoms with Gasteiger partial charge in [0, 0.05) is 17.7 Å². The lowest BCUT2D eigenvalue weighted by atomic mass is 9.59. The van der Waals surface area contributed by atoms with E-state index in [0.717, 1.165) is 30.7 Å². The minimum absolute atomic E-state index is 0.465. The molecule has 0 aromatic heterocycles. The first-order chi connectivity index (χ1) is 9.48. The molecule has 1 nitrogen and oxygen atoms in total. The Bertz CT molecular complexity index is 391. The van der Waals surface area contributed by atoms with Crippen molar-refractivity contribution in [2.24, 2.45) is 28.2 Å². The van der Waals surface area contributed by atoms with E-state index < -0.39 is 0 Å². The summed E-state index contributed by atoms with van der Waals surface area (Å²) in [6.45, 7) is 12.6. The number of aliphatic imine (C=N–C) groups is 1. The lowest BCUT2D eigenvalue weighted by molar-refractivity contribution is 0.149. The summed E-state index contributed by atoms with van der Waals surface area (Å²) in [7, 11) is 0. The van der Waals surface area contributed by atoms with E-state index in [-0.39, 0.29) is 0 Å². The van der Waals surface area contributed by atoms with Gasteiger partial charge in [0.15, 0.2) is 0 Å². The normalized spacial score (nSPS) is 34.3. The second-order valence-corrected chi connectivity index (χ2v) is 7.79. The summed E-state index contributed by atoms with van der Waals surface area (Å²) >= 11 is 0. The van der Waals surface area contributed by atoms with Crippen LogP contribution in [0.4, 0.5) is 0 Å². The van der Waals surface area contributed by atoms with E-state index in [1.165, 1.54) is 43.4 Å². The standard InChI is InChI=1S/C19H33N/c1-6-9-20-18(12-15(4)10-14(2)3)19-8-7-17(19)11-16(5)13-19/h12,14,16-17H,6-11,13H2,1-5H3/b15-12+,20-18?. The predicted molar refractivity (Wildman–Crippen MR) is 89.4 cm³/mol. The molecule has 2 rings (SSSR count). The first kappa shape index (κ1) is 15.8. The van der Waals surface area contributed by atoms with Crippen LogP contribution in [0.1, 0.15) is 73.1 Å². The topological polar surface area (TPSA) is 12.4 Å². The molecule has 20 heavy (non-hydrogen) atoms. The highest BCUT2D eigenvalue weighted by Crippen LogP contribution is 2.60. The summed E-state index contributed by atoms with van der Waals surface area (Å²) in [5.41, 5.74) is 3.44. The largest absolute Gasteiger partial charge is 0.289 e. The lowest BCUT2D eigenvalue weighted by Gasteiger charge is -2.45. The Morgan fingerprint density at radius 2 is 2.15 bits per heavy atom. The van der Waals surface area contributed by atoms with Crippen LogP contribution in [-0.4, -0.2) is 12.3 Å². The van der Waals surface area contributed by atoms with Crippen molar-refractivity contribution < 1.29 is 0 Å². The molecule has 2 aliphatic rings. The van der Waals surface area contributed by atoms with Gasteiger partial charge in [-0.15, -0.1) is 0 Å². The maximum Gasteiger partial charge on any atom is 0.0412 e. The Labute approximate surface area is 126 Å². The van der Waals surface area contributed by atoms with Crippen molar-refractivity contribution in [2.75, 3.05) is 6.54 Å². The summed E-state index contributed by atoms with van der Waals surface area (Å²) in [6.07, 6.45) is 10.5. The highest BCUT2D eigenvalue weighted by atomic mass is 14.8. The minimum Gasteiger partial charge on any atom is -0.289 e. The minimum atomic E-state index is 0.465. The third kappa shape index (κ3) is 3.18. The fourth-order valence-corrected chi connectivity index (χ4v) is 4.46. The number of allylic oxidation sites excluding steroid dienone is 2. The molecule has 0 aliphatic heterocycles. The van der Waals surface area contributed by atoms with Crippen LogP contribution in [-0.2, 0) is 0 Å². The molecule has 0 heterocycles. The zero-order valence-electron chi connectivity index (χ0n) is 14.2. The number of rotatable bonds is 6. The second-order valence-electron chi connectivity index (χ2n) is 7.79. The quantitative estimate of drug-likeness (QED) is 0.555. The number of nitrogens with zero attached hydrogens (tertiary/aromatic N) is 1. The fourth-order valence-electron chi connectivity index (χ4n) is 4.46. The van der Waals surface area contributed by atoms with Crippen molar-refractivity contribution in [3.05, 3.63) is 11.6 Å². The Kier molecular flexibility index (Phi) is 5.09. The molecule has 3 atom stereocenters. The third-order valence-electron chi connectivity index (χ3n) is 5.25. The van der Waals surface area contributed by atoms with E-state index in [2.05, 4.69) is 40.7 Å². The van der Waals surface area contributed by atoms with E-state index in [1.54, 1.807) is 0 Å². The smallest absolute Gasteiger partial charge is 0.0412 e. The molecule has 0 aromatic rings. The van der Waals surface area contributed by atoms with E-state index in [4.69, 9.17) is 4.99 Å². The fraction of sp³-hybridized carbons (Fsp3) is 0.842. The average molecular weight is 275 g/mol.